The summed E-state index contributed by atoms with van der Waals surface area (Å²) in [5.41, 5.74) is 0.214. The topological polar surface area (TPSA) is 125 Å². The van der Waals surface area contributed by atoms with E-state index in [-0.39, 0.29) is 40.7 Å². The number of rotatable bonds is 5. The molecule has 0 unspecified atom stereocenters. The fourth-order valence-corrected chi connectivity index (χ4v) is 6.72. The van der Waals surface area contributed by atoms with E-state index in [1.165, 1.54) is 12.1 Å². The number of hydrogen-bond donors (Lipinski definition) is 1. The van der Waals surface area contributed by atoms with Gasteiger partial charge in [0.1, 0.15) is 0 Å². The second kappa shape index (κ2) is 12.5. The summed E-state index contributed by atoms with van der Waals surface area (Å²) in [5, 5.41) is 15.6. The second-order valence-electron chi connectivity index (χ2n) is 10.6. The molecule has 3 aromatic rings. The molecule has 2 fully saturated rings. The van der Waals surface area contributed by atoms with Gasteiger partial charge in [-0.05, 0) is 86.8 Å². The predicted molar refractivity (Wildman–Crippen MR) is 158 cm³/mol. The Morgan fingerprint density at radius 3 is 2.26 bits per heavy atom. The van der Waals surface area contributed by atoms with Gasteiger partial charge in [-0.2, -0.15) is 0 Å². The average Bonchev–Trinajstić information content (AvgIpc) is 3.45. The summed E-state index contributed by atoms with van der Waals surface area (Å²) in [7, 11) is 0. The normalized spacial score (nSPS) is 24.5. The van der Waals surface area contributed by atoms with Crippen molar-refractivity contribution in [3.05, 3.63) is 91.9 Å². The number of fused-ring (bicyclic) bond motifs is 1. The molecule has 1 amide bonds. The first kappa shape index (κ1) is 32.0. The predicted octanol–water partition coefficient (Wildman–Crippen LogP) is 0.871. The van der Waals surface area contributed by atoms with E-state index in [4.69, 9.17) is 9.47 Å². The summed E-state index contributed by atoms with van der Waals surface area (Å²) >= 11 is 6.85. The number of halogens is 2. The summed E-state index contributed by atoms with van der Waals surface area (Å²) in [5.74, 6) is -7.36. The fraction of sp³-hybridized carbons (Fsp3) is 0.290. The molecule has 43 heavy (non-hydrogen) atoms. The number of carboxylic acids is 1. The number of morpholine rings is 1. The number of nitrogens with zero attached hydrogens (tertiary/aromatic N) is 1. The number of aliphatic carboxylic acids is 1. The molecule has 2 heterocycles. The molecule has 1 aliphatic carbocycles. The van der Waals surface area contributed by atoms with E-state index >= 15 is 0 Å². The number of ketones is 2. The van der Waals surface area contributed by atoms with Crippen molar-refractivity contribution < 1.29 is 63.3 Å². The van der Waals surface area contributed by atoms with Crippen LogP contribution in [0.1, 0.15) is 37.9 Å². The maximum atomic E-state index is 14.0. The zero-order valence-electron chi connectivity index (χ0n) is 23.4. The number of carbonyl (C=O) groups excluding carboxylic acids is 4. The Bertz CT molecular complexity index is 1630. The molecular weight excluding hydrogens is 695 g/mol. The minimum Gasteiger partial charge on any atom is -0.550 e. The van der Waals surface area contributed by atoms with Crippen molar-refractivity contribution in [1.82, 2.24) is 0 Å². The van der Waals surface area contributed by atoms with Gasteiger partial charge in [-0.3, -0.25) is 14.4 Å². The van der Waals surface area contributed by atoms with Crippen LogP contribution in [0.5, 0.6) is 0 Å². The van der Waals surface area contributed by atoms with Crippen LogP contribution in [0.15, 0.2) is 69.6 Å². The van der Waals surface area contributed by atoms with Crippen LogP contribution in [-0.4, -0.2) is 55.3 Å². The number of anilines is 2. The Morgan fingerprint density at radius 1 is 0.930 bits per heavy atom. The Hall–Kier alpha value is -2.38. The molecule has 216 valence electrons. The molecule has 0 radical (unpaired) electrons. The van der Waals surface area contributed by atoms with Gasteiger partial charge in [0.25, 0.3) is 0 Å². The van der Waals surface area contributed by atoms with E-state index in [9.17, 15) is 24.3 Å². The SMILES string of the molecule is Cc1ccc2c(c1)C(=O)[C@]1(O[C@@H](c3ccc(Br)c(Br)c3)[C@@H](C(=O)Nc3ccc(N4CCOCC4)cc3)[C@H]1C(=O)[O-])C2=O.[Na+]. The first-order valence-electron chi connectivity index (χ1n) is 13.4. The Balaban J connectivity index is 0.00000368. The van der Waals surface area contributed by atoms with Crippen molar-refractivity contribution in [2.24, 2.45) is 11.8 Å². The van der Waals surface area contributed by atoms with Crippen LogP contribution in [0, 0.1) is 18.8 Å². The maximum absolute atomic E-state index is 14.0. The van der Waals surface area contributed by atoms with Crippen LogP contribution < -0.4 is 44.9 Å². The number of amides is 1. The van der Waals surface area contributed by atoms with Gasteiger partial charge in [0.05, 0.1) is 31.2 Å². The maximum Gasteiger partial charge on any atom is 1.00 e. The zero-order valence-corrected chi connectivity index (χ0v) is 28.6. The van der Waals surface area contributed by atoms with Crippen LogP contribution >= 0.6 is 31.9 Å². The van der Waals surface area contributed by atoms with Gasteiger partial charge in [-0.1, -0.05) is 23.8 Å². The zero-order chi connectivity index (χ0) is 29.8. The molecule has 4 atom stereocenters. The second-order valence-corrected chi connectivity index (χ2v) is 12.3. The Kier molecular flexibility index (Phi) is 9.35. The third-order valence-electron chi connectivity index (χ3n) is 8.12. The largest absolute Gasteiger partial charge is 1.00 e. The van der Waals surface area contributed by atoms with Crippen LogP contribution in [0.25, 0.3) is 0 Å². The van der Waals surface area contributed by atoms with Crippen molar-refractivity contribution in [3.8, 4) is 0 Å². The number of ether oxygens (including phenoxy) is 2. The van der Waals surface area contributed by atoms with Crippen LogP contribution in [0.3, 0.4) is 0 Å². The standard InChI is InChI=1S/C31H26Br2N2O7.Na/c1-16-2-8-20-21(14-16)28(37)31(27(20)36)25(30(39)40)24(26(42-31)17-3-9-22(32)23(33)15-17)29(38)34-18-4-6-19(7-5-18)35-10-12-41-13-11-35;/h2-9,14-15,24-26H,10-13H2,1H3,(H,34,38)(H,39,40);/q;+1/p-1/t24-,25-,26-,31+;/m0./s1. The molecule has 0 saturated carbocycles. The van der Waals surface area contributed by atoms with Gasteiger partial charge in [-0.25, -0.2) is 0 Å². The summed E-state index contributed by atoms with van der Waals surface area (Å²) in [4.78, 5) is 56.8. The summed E-state index contributed by atoms with van der Waals surface area (Å²) in [6.07, 6.45) is -1.24. The molecule has 3 aromatic carbocycles. The average molecular weight is 720 g/mol. The minimum atomic E-state index is -2.44. The molecule has 1 spiro atoms. The van der Waals surface area contributed by atoms with Gasteiger partial charge in [-0.15, -0.1) is 0 Å². The van der Waals surface area contributed by atoms with Crippen LogP contribution in [0.4, 0.5) is 11.4 Å². The van der Waals surface area contributed by atoms with Crippen molar-refractivity contribution in [1.29, 1.82) is 0 Å². The molecule has 2 aliphatic heterocycles. The van der Waals surface area contributed by atoms with Gasteiger partial charge in [0.2, 0.25) is 23.1 Å². The smallest absolute Gasteiger partial charge is 0.550 e. The Morgan fingerprint density at radius 2 is 1.60 bits per heavy atom. The third kappa shape index (κ3) is 5.54. The monoisotopic (exact) mass is 718 g/mol. The number of carbonyl (C=O) groups is 4. The van der Waals surface area contributed by atoms with E-state index in [0.29, 0.717) is 33.4 Å². The summed E-state index contributed by atoms with van der Waals surface area (Å²) < 4.78 is 13.0. The van der Waals surface area contributed by atoms with E-state index in [2.05, 4.69) is 42.1 Å². The van der Waals surface area contributed by atoms with E-state index in [1.54, 1.807) is 43.3 Å². The van der Waals surface area contributed by atoms with Crippen LogP contribution in [-0.2, 0) is 19.1 Å². The molecular formula is C31H25Br2N2NaO7. The molecule has 0 aromatic heterocycles. The molecule has 1 N–H and O–H groups in total. The molecule has 12 heteroatoms. The van der Waals surface area contributed by atoms with E-state index in [0.717, 1.165) is 24.3 Å². The van der Waals surface area contributed by atoms with Crippen LogP contribution in [0.2, 0.25) is 0 Å². The minimum absolute atomic E-state index is 0. The molecule has 9 nitrogen and oxygen atoms in total. The number of hydrogen-bond acceptors (Lipinski definition) is 8. The number of aryl methyl sites for hydroxylation is 1. The van der Waals surface area contributed by atoms with Crippen molar-refractivity contribution in [3.63, 3.8) is 0 Å². The first-order valence-corrected chi connectivity index (χ1v) is 15.0. The quantitative estimate of drug-likeness (QED) is 0.305. The number of nitrogens with one attached hydrogen (secondary N) is 1. The third-order valence-corrected chi connectivity index (χ3v) is 9.99. The number of Topliss-reactive ketones (excluding diaryl/α,β-unsaturated/α-hetero) is 2. The summed E-state index contributed by atoms with van der Waals surface area (Å²) in [6.45, 7) is 4.50. The van der Waals surface area contributed by atoms with Gasteiger partial charge < -0.3 is 29.6 Å². The number of carboxylic acid groups (broad SMARTS) is 1. The van der Waals surface area contributed by atoms with Crippen molar-refractivity contribution in [2.75, 3.05) is 36.5 Å². The first-order chi connectivity index (χ1) is 20.1. The molecule has 6 rings (SSSR count). The van der Waals surface area contributed by atoms with Gasteiger partial charge in [0, 0.05) is 50.5 Å². The van der Waals surface area contributed by atoms with Crippen molar-refractivity contribution in [2.45, 2.75) is 18.6 Å². The van der Waals surface area contributed by atoms with E-state index < -0.39 is 47.0 Å². The van der Waals surface area contributed by atoms with Crippen molar-refractivity contribution >= 4 is 66.7 Å². The molecule has 3 aliphatic rings. The Labute approximate surface area is 286 Å². The van der Waals surface area contributed by atoms with Gasteiger partial charge >= 0.3 is 29.6 Å². The molecule has 0 bridgehead atoms. The molecule has 2 saturated heterocycles. The van der Waals surface area contributed by atoms with Gasteiger partial charge in [0.15, 0.2) is 0 Å². The fourth-order valence-electron chi connectivity index (χ4n) is 6.08. The van der Waals surface area contributed by atoms with E-state index in [1.807, 2.05) is 12.1 Å². The number of benzene rings is 3. The summed E-state index contributed by atoms with van der Waals surface area (Å²) in [6, 6.07) is 16.9.